The second kappa shape index (κ2) is 5.72. The Hall–Kier alpha value is -2.09. The average molecular weight is 361 g/mol. The molecule has 0 atom stereocenters. The molecule has 8 heteroatoms. The van der Waals surface area contributed by atoms with E-state index in [1.54, 1.807) is 0 Å². The third kappa shape index (κ3) is 3.52. The lowest BCUT2D eigenvalue weighted by atomic mass is 10.1. The first-order valence-corrected chi connectivity index (χ1v) is 6.45. The van der Waals surface area contributed by atoms with Crippen LogP contribution < -0.4 is 5.32 Å². The molecular weight excluding hydrogens is 353 g/mol. The van der Waals surface area contributed by atoms with E-state index < -0.39 is 16.7 Å². The van der Waals surface area contributed by atoms with E-state index in [0.717, 1.165) is 6.07 Å². The predicted molar refractivity (Wildman–Crippen MR) is 75.5 cm³/mol. The first kappa shape index (κ1) is 15.3. The number of anilines is 2. The van der Waals surface area contributed by atoms with Crippen molar-refractivity contribution in [2.45, 2.75) is 6.18 Å². The molecule has 2 aromatic carbocycles. The molecular formula is C13H8BrF3N2O2. The summed E-state index contributed by atoms with van der Waals surface area (Å²) < 4.78 is 39.1. The van der Waals surface area contributed by atoms with Crippen LogP contribution in [0.15, 0.2) is 46.9 Å². The molecule has 0 aliphatic carbocycles. The quantitative estimate of drug-likeness (QED) is 0.610. The SMILES string of the molecule is O=[N+]([O-])c1cc(Br)ccc1Nc1ccccc1C(F)(F)F. The number of nitro benzene ring substituents is 1. The number of nitrogens with zero attached hydrogens (tertiary/aromatic N) is 1. The molecule has 110 valence electrons. The van der Waals surface area contributed by atoms with Crippen LogP contribution in [0.1, 0.15) is 5.56 Å². The third-order valence-electron chi connectivity index (χ3n) is 2.66. The second-order valence-electron chi connectivity index (χ2n) is 4.09. The fraction of sp³-hybridized carbons (Fsp3) is 0.0769. The summed E-state index contributed by atoms with van der Waals surface area (Å²) in [5, 5.41) is 13.4. The average Bonchev–Trinajstić information content (AvgIpc) is 2.40. The molecule has 0 aromatic heterocycles. The van der Waals surface area contributed by atoms with Crippen LogP contribution in [-0.4, -0.2) is 4.92 Å². The van der Waals surface area contributed by atoms with Crippen LogP contribution >= 0.6 is 15.9 Å². The van der Waals surface area contributed by atoms with Crippen LogP contribution in [0.5, 0.6) is 0 Å². The number of hydrogen-bond donors (Lipinski definition) is 1. The number of benzene rings is 2. The van der Waals surface area contributed by atoms with Crippen molar-refractivity contribution in [3.63, 3.8) is 0 Å². The summed E-state index contributed by atoms with van der Waals surface area (Å²) in [4.78, 5) is 10.3. The highest BCUT2D eigenvalue weighted by atomic mass is 79.9. The summed E-state index contributed by atoms with van der Waals surface area (Å²) in [7, 11) is 0. The highest BCUT2D eigenvalue weighted by Crippen LogP contribution is 2.38. The van der Waals surface area contributed by atoms with Gasteiger partial charge in [0.2, 0.25) is 0 Å². The summed E-state index contributed by atoms with van der Waals surface area (Å²) in [5.74, 6) is 0. The van der Waals surface area contributed by atoms with E-state index in [1.165, 1.54) is 36.4 Å². The minimum absolute atomic E-state index is 0.0140. The molecule has 0 saturated heterocycles. The van der Waals surface area contributed by atoms with Gasteiger partial charge in [-0.1, -0.05) is 28.1 Å². The van der Waals surface area contributed by atoms with Gasteiger partial charge < -0.3 is 5.32 Å². The molecule has 21 heavy (non-hydrogen) atoms. The van der Waals surface area contributed by atoms with Crippen LogP contribution in [0, 0.1) is 10.1 Å². The van der Waals surface area contributed by atoms with Gasteiger partial charge in [-0.2, -0.15) is 13.2 Å². The maximum Gasteiger partial charge on any atom is 0.418 e. The Labute approximate surface area is 125 Å². The summed E-state index contributed by atoms with van der Waals surface area (Å²) in [6.45, 7) is 0. The standard InChI is InChI=1S/C13H8BrF3N2O2/c14-8-5-6-11(12(7-8)19(20)21)18-10-4-2-1-3-9(10)13(15,16)17/h1-7,18H. The van der Waals surface area contributed by atoms with E-state index in [0.29, 0.717) is 4.47 Å². The number of nitro groups is 1. The molecule has 0 spiro atoms. The highest BCUT2D eigenvalue weighted by molar-refractivity contribution is 9.10. The van der Waals surface area contributed by atoms with Crippen LogP contribution in [0.3, 0.4) is 0 Å². The lowest BCUT2D eigenvalue weighted by molar-refractivity contribution is -0.384. The van der Waals surface area contributed by atoms with Crippen molar-refractivity contribution in [2.24, 2.45) is 0 Å². The Kier molecular flexibility index (Phi) is 4.17. The molecule has 0 aliphatic rings. The van der Waals surface area contributed by atoms with Gasteiger partial charge in [-0.25, -0.2) is 0 Å². The van der Waals surface area contributed by atoms with E-state index in [9.17, 15) is 23.3 Å². The number of halogens is 4. The lowest BCUT2D eigenvalue weighted by Gasteiger charge is -2.14. The van der Waals surface area contributed by atoms with Crippen molar-refractivity contribution < 1.29 is 18.1 Å². The van der Waals surface area contributed by atoms with Gasteiger partial charge in [-0.15, -0.1) is 0 Å². The largest absolute Gasteiger partial charge is 0.418 e. The molecule has 0 heterocycles. The van der Waals surface area contributed by atoms with Gasteiger partial charge in [0.1, 0.15) is 5.69 Å². The predicted octanol–water partition coefficient (Wildman–Crippen LogP) is 5.12. The molecule has 0 fully saturated rings. The van der Waals surface area contributed by atoms with Crippen molar-refractivity contribution in [1.82, 2.24) is 0 Å². The fourth-order valence-corrected chi connectivity index (χ4v) is 2.09. The summed E-state index contributed by atoms with van der Waals surface area (Å²) >= 11 is 3.08. The van der Waals surface area contributed by atoms with E-state index in [-0.39, 0.29) is 17.1 Å². The van der Waals surface area contributed by atoms with E-state index >= 15 is 0 Å². The van der Waals surface area contributed by atoms with Gasteiger partial charge in [0, 0.05) is 10.5 Å². The van der Waals surface area contributed by atoms with Crippen molar-refractivity contribution in [3.05, 3.63) is 62.6 Å². The van der Waals surface area contributed by atoms with E-state index in [1.807, 2.05) is 0 Å². The Balaban J connectivity index is 2.47. The van der Waals surface area contributed by atoms with E-state index in [4.69, 9.17) is 0 Å². The molecule has 2 aromatic rings. The first-order chi connectivity index (χ1) is 9.79. The molecule has 0 aliphatic heterocycles. The van der Waals surface area contributed by atoms with Crippen LogP contribution in [0.4, 0.5) is 30.2 Å². The lowest BCUT2D eigenvalue weighted by Crippen LogP contribution is -2.09. The van der Waals surface area contributed by atoms with Crippen LogP contribution in [0.25, 0.3) is 0 Å². The molecule has 0 amide bonds. The zero-order chi connectivity index (χ0) is 15.6. The Morgan fingerprint density at radius 2 is 1.76 bits per heavy atom. The second-order valence-corrected chi connectivity index (χ2v) is 5.00. The first-order valence-electron chi connectivity index (χ1n) is 5.66. The van der Waals surface area contributed by atoms with Gasteiger partial charge >= 0.3 is 6.18 Å². The minimum atomic E-state index is -4.55. The highest BCUT2D eigenvalue weighted by Gasteiger charge is 2.33. The van der Waals surface area contributed by atoms with Crippen molar-refractivity contribution >= 4 is 33.0 Å². The fourth-order valence-electron chi connectivity index (χ4n) is 1.75. The molecule has 0 saturated carbocycles. The maximum absolute atomic E-state index is 12.9. The van der Waals surface area contributed by atoms with Gasteiger partial charge in [0.15, 0.2) is 0 Å². The normalized spacial score (nSPS) is 11.2. The number of para-hydroxylation sites is 1. The van der Waals surface area contributed by atoms with Gasteiger partial charge in [0.05, 0.1) is 16.2 Å². The zero-order valence-electron chi connectivity index (χ0n) is 10.3. The Morgan fingerprint density at radius 3 is 2.38 bits per heavy atom. The number of rotatable bonds is 3. The Bertz CT molecular complexity index is 689. The topological polar surface area (TPSA) is 55.2 Å². The van der Waals surface area contributed by atoms with Gasteiger partial charge in [0.25, 0.3) is 5.69 Å². The number of alkyl halides is 3. The van der Waals surface area contributed by atoms with Gasteiger partial charge in [-0.3, -0.25) is 10.1 Å². The Morgan fingerprint density at radius 1 is 1.10 bits per heavy atom. The molecule has 4 nitrogen and oxygen atoms in total. The summed E-state index contributed by atoms with van der Waals surface area (Å²) in [6, 6.07) is 8.87. The zero-order valence-corrected chi connectivity index (χ0v) is 11.9. The third-order valence-corrected chi connectivity index (χ3v) is 3.15. The van der Waals surface area contributed by atoms with Crippen molar-refractivity contribution in [2.75, 3.05) is 5.32 Å². The van der Waals surface area contributed by atoms with Crippen molar-refractivity contribution in [3.8, 4) is 0 Å². The molecule has 0 radical (unpaired) electrons. The molecule has 1 N–H and O–H groups in total. The number of nitrogens with one attached hydrogen (secondary N) is 1. The molecule has 2 rings (SSSR count). The minimum Gasteiger partial charge on any atom is -0.349 e. The number of hydrogen-bond acceptors (Lipinski definition) is 3. The van der Waals surface area contributed by atoms with Crippen LogP contribution in [0.2, 0.25) is 0 Å². The van der Waals surface area contributed by atoms with Gasteiger partial charge in [-0.05, 0) is 24.3 Å². The molecule has 0 unspecified atom stereocenters. The smallest absolute Gasteiger partial charge is 0.349 e. The monoisotopic (exact) mass is 360 g/mol. The maximum atomic E-state index is 12.9. The molecule has 0 bridgehead atoms. The van der Waals surface area contributed by atoms with Crippen LogP contribution in [-0.2, 0) is 6.18 Å². The summed E-state index contributed by atoms with van der Waals surface area (Å²) in [5.41, 5.74) is -1.46. The van der Waals surface area contributed by atoms with E-state index in [2.05, 4.69) is 21.2 Å². The summed E-state index contributed by atoms with van der Waals surface area (Å²) in [6.07, 6.45) is -4.55. The van der Waals surface area contributed by atoms with Crippen molar-refractivity contribution in [1.29, 1.82) is 0 Å².